The molecule has 3 aliphatic heterocycles. The van der Waals surface area contributed by atoms with Gasteiger partial charge >= 0.3 is 0 Å². The number of rotatable bonds is 5. The summed E-state index contributed by atoms with van der Waals surface area (Å²) in [4.78, 5) is 53.7. The smallest absolute Gasteiger partial charge is 0.271 e. The number of carbonyl (C=O) groups excluding carboxylic acids is 3. The van der Waals surface area contributed by atoms with E-state index < -0.39 is 40.7 Å². The molecule has 4 atom stereocenters. The second-order valence-electron chi connectivity index (χ2n) is 8.41. The van der Waals surface area contributed by atoms with Gasteiger partial charge in [-0.15, -0.1) is 0 Å². The van der Waals surface area contributed by atoms with Crippen LogP contribution in [0.5, 0.6) is 11.5 Å². The van der Waals surface area contributed by atoms with E-state index in [0.717, 1.165) is 22.2 Å². The Bertz CT molecular complexity index is 1290. The lowest BCUT2D eigenvalue weighted by atomic mass is 9.88. The third-order valence-corrected chi connectivity index (χ3v) is 6.74. The number of imide groups is 1. The number of nitrogens with zero attached hydrogens (tertiary/aromatic N) is 3. The second kappa shape index (κ2) is 7.68. The minimum absolute atomic E-state index is 0.000113. The monoisotopic (exact) mass is 463 g/mol. The zero-order valence-electron chi connectivity index (χ0n) is 18.6. The van der Waals surface area contributed by atoms with Gasteiger partial charge in [0.2, 0.25) is 11.8 Å². The zero-order chi connectivity index (χ0) is 24.3. The van der Waals surface area contributed by atoms with Crippen molar-refractivity contribution in [2.75, 3.05) is 24.0 Å². The lowest BCUT2D eigenvalue weighted by Crippen LogP contribution is -2.48. The summed E-state index contributed by atoms with van der Waals surface area (Å²) in [5, 5.41) is 11.3. The van der Waals surface area contributed by atoms with Crippen molar-refractivity contribution in [1.82, 2.24) is 0 Å². The molecule has 10 nitrogen and oxygen atoms in total. The van der Waals surface area contributed by atoms with Crippen molar-refractivity contribution in [1.29, 1.82) is 0 Å². The molecule has 0 radical (unpaired) electrons. The molecule has 3 heterocycles. The highest BCUT2D eigenvalue weighted by molar-refractivity contribution is 6.25. The molecule has 2 aromatic carbocycles. The van der Waals surface area contributed by atoms with Crippen LogP contribution in [0.3, 0.4) is 0 Å². The van der Waals surface area contributed by atoms with Crippen LogP contribution in [0.15, 0.2) is 42.5 Å². The van der Waals surface area contributed by atoms with E-state index in [0.29, 0.717) is 5.75 Å². The highest BCUT2D eigenvalue weighted by Gasteiger charge is 2.64. The Morgan fingerprint density at radius 3 is 2.38 bits per heavy atom. The number of nitro benzene ring substituents is 1. The Morgan fingerprint density at radius 2 is 1.74 bits per heavy atom. The topological polar surface area (TPSA) is 119 Å². The van der Waals surface area contributed by atoms with Gasteiger partial charge in [-0.05, 0) is 31.2 Å². The molecule has 0 saturated carbocycles. The lowest BCUT2D eigenvalue weighted by molar-refractivity contribution is -0.384. The first kappa shape index (κ1) is 21.6. The highest BCUT2D eigenvalue weighted by Crippen LogP contribution is 2.50. The number of hydrogen-bond acceptors (Lipinski definition) is 8. The van der Waals surface area contributed by atoms with Gasteiger partial charge in [0.05, 0.1) is 37.0 Å². The van der Waals surface area contributed by atoms with Gasteiger partial charge in [0.15, 0.2) is 5.78 Å². The number of nitro groups is 1. The maximum Gasteiger partial charge on any atom is 0.271 e. The van der Waals surface area contributed by atoms with Gasteiger partial charge in [0.1, 0.15) is 23.2 Å². The number of non-ortho nitro benzene ring substituents is 1. The molecular formula is C24H21N3O7. The molecule has 2 fully saturated rings. The Labute approximate surface area is 194 Å². The van der Waals surface area contributed by atoms with Crippen LogP contribution in [-0.2, 0) is 14.4 Å². The molecule has 34 heavy (non-hydrogen) atoms. The summed E-state index contributed by atoms with van der Waals surface area (Å²) in [6.45, 7) is 1.40. The van der Waals surface area contributed by atoms with Crippen LogP contribution in [-0.4, -0.2) is 48.8 Å². The van der Waals surface area contributed by atoms with E-state index >= 15 is 0 Å². The average molecular weight is 463 g/mol. The maximum absolute atomic E-state index is 13.7. The average Bonchev–Trinajstić information content (AvgIpc) is 3.31. The first-order valence-corrected chi connectivity index (χ1v) is 10.6. The van der Waals surface area contributed by atoms with Crippen molar-refractivity contribution in [3.63, 3.8) is 0 Å². The van der Waals surface area contributed by atoms with Crippen LogP contribution in [0.25, 0.3) is 6.08 Å². The first-order valence-electron chi connectivity index (χ1n) is 10.6. The van der Waals surface area contributed by atoms with Gasteiger partial charge in [-0.3, -0.25) is 24.5 Å². The number of Topliss-reactive ketones (excluding diaryl/α,β-unsaturated/α-hetero) is 1. The van der Waals surface area contributed by atoms with Crippen molar-refractivity contribution in [2.45, 2.75) is 19.0 Å². The fourth-order valence-corrected chi connectivity index (χ4v) is 5.34. The number of benzene rings is 2. The molecule has 0 unspecified atom stereocenters. The SMILES string of the molecule is COc1ccc2c(c1)C=C[C@@H]1[C@@H]3C(=O)N(c4cc([N+](=O)[O-])ccc4OC)C(=O)[C@@H]3[C@H](C(C)=O)N21. The Kier molecular flexibility index (Phi) is 4.89. The Morgan fingerprint density at radius 1 is 1.00 bits per heavy atom. The molecule has 0 bridgehead atoms. The molecule has 10 heteroatoms. The third kappa shape index (κ3) is 2.91. The number of hydrogen-bond donors (Lipinski definition) is 0. The van der Waals surface area contributed by atoms with Crippen LogP contribution >= 0.6 is 0 Å². The highest BCUT2D eigenvalue weighted by atomic mass is 16.6. The summed E-state index contributed by atoms with van der Waals surface area (Å²) in [6, 6.07) is 7.77. The van der Waals surface area contributed by atoms with Gasteiger partial charge in [0, 0.05) is 23.4 Å². The van der Waals surface area contributed by atoms with Gasteiger partial charge in [-0.25, -0.2) is 4.90 Å². The van der Waals surface area contributed by atoms with Crippen molar-refractivity contribution < 1.29 is 28.8 Å². The van der Waals surface area contributed by atoms with Gasteiger partial charge in [0.25, 0.3) is 5.69 Å². The number of methoxy groups -OCH3 is 2. The number of anilines is 2. The maximum atomic E-state index is 13.7. The third-order valence-electron chi connectivity index (χ3n) is 6.74. The zero-order valence-corrected chi connectivity index (χ0v) is 18.6. The number of fused-ring (bicyclic) bond motifs is 5. The summed E-state index contributed by atoms with van der Waals surface area (Å²) in [6.07, 6.45) is 3.68. The van der Waals surface area contributed by atoms with Crippen LogP contribution < -0.4 is 19.3 Å². The van der Waals surface area contributed by atoms with Crippen molar-refractivity contribution in [3.8, 4) is 11.5 Å². The minimum atomic E-state index is -0.934. The van der Waals surface area contributed by atoms with Crippen molar-refractivity contribution in [2.24, 2.45) is 11.8 Å². The van der Waals surface area contributed by atoms with Gasteiger partial charge in [-0.1, -0.05) is 12.2 Å². The van der Waals surface area contributed by atoms with Crippen molar-refractivity contribution >= 4 is 40.7 Å². The summed E-state index contributed by atoms with van der Waals surface area (Å²) >= 11 is 0. The normalized spacial score (nSPS) is 24.6. The van der Waals surface area contributed by atoms with Crippen molar-refractivity contribution in [3.05, 3.63) is 58.2 Å². The molecule has 0 aromatic heterocycles. The summed E-state index contributed by atoms with van der Waals surface area (Å²) < 4.78 is 10.6. The van der Waals surface area contributed by atoms with Gasteiger partial charge in [-0.2, -0.15) is 0 Å². The molecular weight excluding hydrogens is 442 g/mol. The summed E-state index contributed by atoms with van der Waals surface area (Å²) in [5.41, 5.74) is 1.28. The molecule has 174 valence electrons. The van der Waals surface area contributed by atoms with E-state index in [-0.39, 0.29) is 22.9 Å². The minimum Gasteiger partial charge on any atom is -0.497 e. The predicted molar refractivity (Wildman–Crippen MR) is 122 cm³/mol. The van der Waals surface area contributed by atoms with E-state index in [9.17, 15) is 24.5 Å². The fraction of sp³-hybridized carbons (Fsp3) is 0.292. The molecule has 2 aromatic rings. The molecule has 3 aliphatic rings. The van der Waals surface area contributed by atoms with Crippen LogP contribution in [0, 0.1) is 22.0 Å². The fourth-order valence-electron chi connectivity index (χ4n) is 5.34. The number of ketones is 1. The molecule has 0 spiro atoms. The van der Waals surface area contributed by atoms with Crippen LogP contribution in [0.2, 0.25) is 0 Å². The largest absolute Gasteiger partial charge is 0.497 e. The van der Waals surface area contributed by atoms with Crippen LogP contribution in [0.1, 0.15) is 12.5 Å². The lowest BCUT2D eigenvalue weighted by Gasteiger charge is -2.36. The predicted octanol–water partition coefficient (Wildman–Crippen LogP) is 2.59. The van der Waals surface area contributed by atoms with E-state index in [1.54, 1.807) is 13.2 Å². The standard InChI is InChI=1S/C24H21N3O7/c1-12(28)22-21-20(17-7-4-13-10-15(33-2)6-8-16(13)25(17)22)23(29)26(24(21)30)18-11-14(27(31)32)5-9-19(18)34-3/h4-11,17,20-22H,1-3H3/t17-,20+,21+,22+/m1/s1. The summed E-state index contributed by atoms with van der Waals surface area (Å²) in [5.74, 6) is -2.30. The summed E-state index contributed by atoms with van der Waals surface area (Å²) in [7, 11) is 2.91. The van der Waals surface area contributed by atoms with E-state index in [1.165, 1.54) is 26.2 Å². The molecule has 5 rings (SSSR count). The Hall–Kier alpha value is -4.21. The van der Waals surface area contributed by atoms with Gasteiger partial charge < -0.3 is 14.4 Å². The molecule has 2 saturated heterocycles. The molecule has 2 amide bonds. The first-order chi connectivity index (χ1) is 16.3. The molecule has 0 aliphatic carbocycles. The molecule has 0 N–H and O–H groups in total. The second-order valence-corrected chi connectivity index (χ2v) is 8.41. The van der Waals surface area contributed by atoms with E-state index in [1.807, 2.05) is 29.2 Å². The van der Waals surface area contributed by atoms with Crippen LogP contribution in [0.4, 0.5) is 17.1 Å². The van der Waals surface area contributed by atoms with E-state index in [2.05, 4.69) is 0 Å². The quantitative estimate of drug-likeness (QED) is 0.377. The van der Waals surface area contributed by atoms with E-state index in [4.69, 9.17) is 9.47 Å². The number of ether oxygens (including phenoxy) is 2. The Balaban J connectivity index is 1.62. The number of amides is 2. The number of carbonyl (C=O) groups is 3.